The monoisotopic (exact) mass is 158 g/mol. The van der Waals surface area contributed by atoms with Gasteiger partial charge in [-0.2, -0.15) is 0 Å². The maximum absolute atomic E-state index is 9.40. The lowest BCUT2D eigenvalue weighted by Crippen LogP contribution is -2.19. The Morgan fingerprint density at radius 1 is 1.82 bits per heavy atom. The van der Waals surface area contributed by atoms with Gasteiger partial charge in [-0.25, -0.2) is 0 Å². The summed E-state index contributed by atoms with van der Waals surface area (Å²) in [5.41, 5.74) is 0.943. The number of methoxy groups -OCH3 is 1. The minimum Gasteiger partial charge on any atom is -0.501 e. The van der Waals surface area contributed by atoms with Gasteiger partial charge in [0.25, 0.3) is 0 Å². The second-order valence-corrected chi connectivity index (χ2v) is 2.64. The zero-order chi connectivity index (χ0) is 8.10. The quantitative estimate of drug-likeness (QED) is 0.656. The van der Waals surface area contributed by atoms with Crippen LogP contribution in [0.3, 0.4) is 0 Å². The van der Waals surface area contributed by atoms with Crippen molar-refractivity contribution in [2.24, 2.45) is 0 Å². The molecule has 0 aliphatic carbocycles. The van der Waals surface area contributed by atoms with Crippen LogP contribution < -0.4 is 0 Å². The number of rotatable bonds is 3. The highest BCUT2D eigenvalue weighted by atomic mass is 16.5. The maximum atomic E-state index is 9.40. The molecular weight excluding hydrogens is 144 g/mol. The third-order valence-corrected chi connectivity index (χ3v) is 1.71. The minimum atomic E-state index is -0.486. The van der Waals surface area contributed by atoms with Crippen molar-refractivity contribution < 1.29 is 14.6 Å². The van der Waals surface area contributed by atoms with E-state index in [0.29, 0.717) is 6.61 Å². The summed E-state index contributed by atoms with van der Waals surface area (Å²) in [5.74, 6) is 0. The molecule has 1 rings (SSSR count). The van der Waals surface area contributed by atoms with Crippen molar-refractivity contribution in [1.82, 2.24) is 0 Å². The van der Waals surface area contributed by atoms with Crippen molar-refractivity contribution in [2.75, 3.05) is 20.3 Å². The number of hydrogen-bond donors (Lipinski definition) is 1. The average molecular weight is 158 g/mol. The molecule has 1 N–H and O–H groups in total. The van der Waals surface area contributed by atoms with E-state index >= 15 is 0 Å². The first kappa shape index (κ1) is 8.56. The van der Waals surface area contributed by atoms with Crippen LogP contribution in [-0.4, -0.2) is 31.5 Å². The van der Waals surface area contributed by atoms with Crippen molar-refractivity contribution in [3.63, 3.8) is 0 Å². The molecule has 0 amide bonds. The molecule has 0 aromatic rings. The van der Waals surface area contributed by atoms with Crippen LogP contribution in [0.25, 0.3) is 0 Å². The molecule has 3 nitrogen and oxygen atoms in total. The number of ether oxygens (including phenoxy) is 2. The largest absolute Gasteiger partial charge is 0.501 e. The van der Waals surface area contributed by atoms with Crippen LogP contribution in [-0.2, 0) is 9.47 Å². The average Bonchev–Trinajstić information content (AvgIpc) is 2.07. The number of hydrogen-bond acceptors (Lipinski definition) is 3. The van der Waals surface area contributed by atoms with Crippen LogP contribution in [0.2, 0.25) is 0 Å². The van der Waals surface area contributed by atoms with Crippen molar-refractivity contribution in [3.8, 4) is 0 Å². The zero-order valence-corrected chi connectivity index (χ0v) is 6.75. The standard InChI is InChI=1S/C8H14O3/c1-10-6-8(9)7-3-2-4-11-5-7/h5,8-9H,2-4,6H2,1H3. The van der Waals surface area contributed by atoms with E-state index in [1.54, 1.807) is 13.4 Å². The highest BCUT2D eigenvalue weighted by Crippen LogP contribution is 2.15. The first-order valence-corrected chi connectivity index (χ1v) is 3.82. The molecule has 64 valence electrons. The van der Waals surface area contributed by atoms with Gasteiger partial charge in [-0.15, -0.1) is 0 Å². The van der Waals surface area contributed by atoms with Gasteiger partial charge in [0.2, 0.25) is 0 Å². The van der Waals surface area contributed by atoms with Gasteiger partial charge in [0.15, 0.2) is 0 Å². The lowest BCUT2D eigenvalue weighted by Gasteiger charge is -2.17. The number of aliphatic hydroxyl groups excluding tert-OH is 1. The Kier molecular flexibility index (Phi) is 3.39. The van der Waals surface area contributed by atoms with E-state index < -0.39 is 6.10 Å². The highest BCUT2D eigenvalue weighted by Gasteiger charge is 2.13. The molecule has 1 heterocycles. The summed E-state index contributed by atoms with van der Waals surface area (Å²) in [6.07, 6.45) is 3.07. The second-order valence-electron chi connectivity index (χ2n) is 2.64. The molecule has 11 heavy (non-hydrogen) atoms. The zero-order valence-electron chi connectivity index (χ0n) is 6.75. The third-order valence-electron chi connectivity index (χ3n) is 1.71. The Morgan fingerprint density at radius 3 is 3.18 bits per heavy atom. The molecule has 0 aromatic carbocycles. The molecule has 1 unspecified atom stereocenters. The fourth-order valence-corrected chi connectivity index (χ4v) is 1.09. The van der Waals surface area contributed by atoms with Gasteiger partial charge in [0.05, 0.1) is 19.5 Å². The summed E-state index contributed by atoms with van der Waals surface area (Å²) < 4.78 is 9.88. The van der Waals surface area contributed by atoms with E-state index in [4.69, 9.17) is 9.47 Å². The molecule has 0 aromatic heterocycles. The molecule has 0 radical (unpaired) electrons. The fourth-order valence-electron chi connectivity index (χ4n) is 1.09. The maximum Gasteiger partial charge on any atom is 0.102 e. The van der Waals surface area contributed by atoms with Gasteiger partial charge in [0, 0.05) is 7.11 Å². The van der Waals surface area contributed by atoms with E-state index in [1.165, 1.54) is 0 Å². The predicted octanol–water partition coefficient (Wildman–Crippen LogP) is 0.688. The molecule has 1 aliphatic rings. The Balaban J connectivity index is 2.37. The molecule has 1 atom stereocenters. The van der Waals surface area contributed by atoms with Crippen LogP contribution in [0, 0.1) is 0 Å². The van der Waals surface area contributed by atoms with Crippen LogP contribution in [0.4, 0.5) is 0 Å². The lowest BCUT2D eigenvalue weighted by atomic mass is 10.1. The van der Waals surface area contributed by atoms with Gasteiger partial charge < -0.3 is 14.6 Å². The fraction of sp³-hybridized carbons (Fsp3) is 0.750. The summed E-state index contributed by atoms with van der Waals surface area (Å²) in [5, 5.41) is 9.40. The Labute approximate surface area is 66.6 Å². The van der Waals surface area contributed by atoms with Gasteiger partial charge in [-0.05, 0) is 18.4 Å². The van der Waals surface area contributed by atoms with Crippen LogP contribution >= 0.6 is 0 Å². The SMILES string of the molecule is COCC(O)C1=COCCC1. The van der Waals surface area contributed by atoms with Crippen LogP contribution in [0.5, 0.6) is 0 Å². The Hall–Kier alpha value is -0.540. The van der Waals surface area contributed by atoms with Crippen molar-refractivity contribution in [2.45, 2.75) is 18.9 Å². The van der Waals surface area contributed by atoms with E-state index in [2.05, 4.69) is 0 Å². The van der Waals surface area contributed by atoms with Crippen LogP contribution in [0.15, 0.2) is 11.8 Å². The summed E-state index contributed by atoms with van der Waals surface area (Å²) in [6, 6.07) is 0. The summed E-state index contributed by atoms with van der Waals surface area (Å²) in [4.78, 5) is 0. The molecule has 0 bridgehead atoms. The van der Waals surface area contributed by atoms with Crippen molar-refractivity contribution in [3.05, 3.63) is 11.8 Å². The van der Waals surface area contributed by atoms with Gasteiger partial charge >= 0.3 is 0 Å². The molecule has 0 fully saturated rings. The van der Waals surface area contributed by atoms with Crippen molar-refractivity contribution >= 4 is 0 Å². The predicted molar refractivity (Wildman–Crippen MR) is 41.2 cm³/mol. The molecule has 1 aliphatic heterocycles. The normalized spacial score (nSPS) is 20.4. The summed E-state index contributed by atoms with van der Waals surface area (Å²) in [6.45, 7) is 1.12. The third kappa shape index (κ3) is 2.52. The minimum absolute atomic E-state index is 0.356. The smallest absolute Gasteiger partial charge is 0.102 e. The summed E-state index contributed by atoms with van der Waals surface area (Å²) in [7, 11) is 1.58. The van der Waals surface area contributed by atoms with Crippen molar-refractivity contribution in [1.29, 1.82) is 0 Å². The molecule has 0 saturated heterocycles. The van der Waals surface area contributed by atoms with Gasteiger partial charge in [0.1, 0.15) is 6.10 Å². The summed E-state index contributed by atoms with van der Waals surface area (Å²) >= 11 is 0. The van der Waals surface area contributed by atoms with Gasteiger partial charge in [-0.3, -0.25) is 0 Å². The molecule has 0 spiro atoms. The van der Waals surface area contributed by atoms with E-state index in [0.717, 1.165) is 25.0 Å². The number of aliphatic hydroxyl groups is 1. The molecule has 0 saturated carbocycles. The highest BCUT2D eigenvalue weighted by molar-refractivity contribution is 5.06. The second kappa shape index (κ2) is 4.36. The lowest BCUT2D eigenvalue weighted by molar-refractivity contribution is 0.0767. The topological polar surface area (TPSA) is 38.7 Å². The van der Waals surface area contributed by atoms with Crippen LogP contribution in [0.1, 0.15) is 12.8 Å². The first-order chi connectivity index (χ1) is 5.34. The van der Waals surface area contributed by atoms with Gasteiger partial charge in [-0.1, -0.05) is 0 Å². The van der Waals surface area contributed by atoms with E-state index in [9.17, 15) is 5.11 Å². The van der Waals surface area contributed by atoms with E-state index in [-0.39, 0.29) is 0 Å². The first-order valence-electron chi connectivity index (χ1n) is 3.82. The molecule has 3 heteroatoms. The Bertz CT molecular complexity index is 142. The van der Waals surface area contributed by atoms with E-state index in [1.807, 2.05) is 0 Å². The molecular formula is C8H14O3. The Morgan fingerprint density at radius 2 is 2.64 bits per heavy atom.